The van der Waals surface area contributed by atoms with Crippen molar-refractivity contribution in [3.8, 4) is 5.75 Å². The van der Waals surface area contributed by atoms with Crippen molar-refractivity contribution in [1.82, 2.24) is 5.32 Å². The van der Waals surface area contributed by atoms with Crippen LogP contribution < -0.4 is 15.4 Å². The van der Waals surface area contributed by atoms with Gasteiger partial charge < -0.3 is 25.2 Å². The highest BCUT2D eigenvalue weighted by Crippen LogP contribution is 2.28. The van der Waals surface area contributed by atoms with Crippen molar-refractivity contribution < 1.29 is 24.2 Å². The number of nitrogens with one attached hydrogen (secondary N) is 2. The summed E-state index contributed by atoms with van der Waals surface area (Å²) in [6, 6.07) is 6.82. The standard InChI is InChI=1S/C18H24N2O5/c21-17(22)12-9-13(10-12)19-18(23)20-15-6-1-2-7-16(15)25-11-14-5-3-4-8-24-14/h1-2,6-7,12-14H,3-5,8-11H2,(H,21,22)(H2,19,20,23). The van der Waals surface area contributed by atoms with E-state index in [0.29, 0.717) is 30.9 Å². The number of carbonyl (C=O) groups excluding carboxylic acids is 1. The van der Waals surface area contributed by atoms with Crippen LogP contribution in [0.1, 0.15) is 32.1 Å². The van der Waals surface area contributed by atoms with Gasteiger partial charge in [0, 0.05) is 12.6 Å². The van der Waals surface area contributed by atoms with Crippen molar-refractivity contribution in [3.63, 3.8) is 0 Å². The number of hydrogen-bond donors (Lipinski definition) is 3. The largest absolute Gasteiger partial charge is 0.489 e. The number of hydrogen-bond acceptors (Lipinski definition) is 4. The molecule has 1 aromatic rings. The first-order valence-electron chi connectivity index (χ1n) is 8.75. The van der Waals surface area contributed by atoms with Crippen LogP contribution in [-0.4, -0.2) is 42.5 Å². The van der Waals surface area contributed by atoms with E-state index in [1.807, 2.05) is 18.2 Å². The van der Waals surface area contributed by atoms with Gasteiger partial charge in [0.2, 0.25) is 0 Å². The number of urea groups is 1. The molecular formula is C18H24N2O5. The molecule has 2 fully saturated rings. The SMILES string of the molecule is O=C(Nc1ccccc1OCC1CCCCO1)NC1CC(C(=O)O)C1. The Labute approximate surface area is 146 Å². The monoisotopic (exact) mass is 348 g/mol. The van der Waals surface area contributed by atoms with Crippen molar-refractivity contribution in [1.29, 1.82) is 0 Å². The third-order valence-electron chi connectivity index (χ3n) is 4.66. The molecule has 3 rings (SSSR count). The molecule has 1 unspecified atom stereocenters. The Morgan fingerprint density at radius 2 is 2.04 bits per heavy atom. The van der Waals surface area contributed by atoms with E-state index < -0.39 is 5.97 Å². The summed E-state index contributed by atoms with van der Waals surface area (Å²) in [6.07, 6.45) is 4.27. The minimum absolute atomic E-state index is 0.0928. The molecule has 1 heterocycles. The van der Waals surface area contributed by atoms with E-state index in [-0.39, 0.29) is 24.1 Å². The van der Waals surface area contributed by atoms with Crippen molar-refractivity contribution >= 4 is 17.7 Å². The zero-order chi connectivity index (χ0) is 17.6. The minimum atomic E-state index is -0.804. The number of amides is 2. The zero-order valence-corrected chi connectivity index (χ0v) is 14.1. The molecule has 1 atom stereocenters. The number of anilines is 1. The maximum Gasteiger partial charge on any atom is 0.319 e. The lowest BCUT2D eigenvalue weighted by molar-refractivity contribution is -0.145. The van der Waals surface area contributed by atoms with Crippen LogP contribution in [0.4, 0.5) is 10.5 Å². The Balaban J connectivity index is 1.48. The minimum Gasteiger partial charge on any atom is -0.489 e. The number of carbonyl (C=O) groups is 2. The normalized spacial score (nSPS) is 25.5. The van der Waals surface area contributed by atoms with Gasteiger partial charge in [0.25, 0.3) is 0 Å². The Kier molecular flexibility index (Phi) is 5.75. The Morgan fingerprint density at radius 1 is 1.24 bits per heavy atom. The lowest BCUT2D eigenvalue weighted by Gasteiger charge is -2.32. The molecule has 7 nitrogen and oxygen atoms in total. The molecule has 0 aromatic heterocycles. The van der Waals surface area contributed by atoms with E-state index in [0.717, 1.165) is 25.9 Å². The van der Waals surface area contributed by atoms with Crippen LogP contribution in [0.3, 0.4) is 0 Å². The number of rotatable bonds is 6. The fourth-order valence-corrected chi connectivity index (χ4v) is 3.10. The van der Waals surface area contributed by atoms with Crippen LogP contribution in [0.25, 0.3) is 0 Å². The average molecular weight is 348 g/mol. The van der Waals surface area contributed by atoms with E-state index in [2.05, 4.69) is 10.6 Å². The summed E-state index contributed by atoms with van der Waals surface area (Å²) < 4.78 is 11.5. The van der Waals surface area contributed by atoms with Gasteiger partial charge in [0.1, 0.15) is 12.4 Å². The van der Waals surface area contributed by atoms with Gasteiger partial charge in [-0.15, -0.1) is 0 Å². The molecular weight excluding hydrogens is 324 g/mol. The molecule has 1 aliphatic heterocycles. The maximum atomic E-state index is 12.1. The Morgan fingerprint density at radius 3 is 2.76 bits per heavy atom. The summed E-state index contributed by atoms with van der Waals surface area (Å²) in [4.78, 5) is 22.9. The molecule has 25 heavy (non-hydrogen) atoms. The van der Waals surface area contributed by atoms with Crippen LogP contribution in [-0.2, 0) is 9.53 Å². The molecule has 0 bridgehead atoms. The molecule has 1 aromatic carbocycles. The summed E-state index contributed by atoms with van der Waals surface area (Å²) in [7, 11) is 0. The molecule has 136 valence electrons. The first-order valence-corrected chi connectivity index (χ1v) is 8.75. The van der Waals surface area contributed by atoms with Gasteiger partial charge in [-0.25, -0.2) is 4.79 Å². The third kappa shape index (κ3) is 4.85. The van der Waals surface area contributed by atoms with Crippen LogP contribution in [0.5, 0.6) is 5.75 Å². The number of carboxylic acid groups (broad SMARTS) is 1. The van der Waals surface area contributed by atoms with Crippen LogP contribution in [0.15, 0.2) is 24.3 Å². The fourth-order valence-electron chi connectivity index (χ4n) is 3.10. The number of ether oxygens (including phenoxy) is 2. The van der Waals surface area contributed by atoms with Gasteiger partial charge in [0.15, 0.2) is 0 Å². The molecule has 2 amide bonds. The highest BCUT2D eigenvalue weighted by molar-refractivity contribution is 5.91. The number of para-hydroxylation sites is 2. The first-order chi connectivity index (χ1) is 12.1. The number of aliphatic carboxylic acids is 1. The lowest BCUT2D eigenvalue weighted by atomic mass is 9.80. The second kappa shape index (κ2) is 8.20. The van der Waals surface area contributed by atoms with E-state index in [4.69, 9.17) is 14.6 Å². The van der Waals surface area contributed by atoms with Gasteiger partial charge in [-0.3, -0.25) is 4.79 Å². The molecule has 0 spiro atoms. The van der Waals surface area contributed by atoms with Crippen molar-refractivity contribution in [3.05, 3.63) is 24.3 Å². The number of carboxylic acids is 1. The second-order valence-corrected chi connectivity index (χ2v) is 6.60. The molecule has 1 saturated heterocycles. The average Bonchev–Trinajstić information content (AvgIpc) is 2.57. The van der Waals surface area contributed by atoms with Gasteiger partial charge in [-0.05, 0) is 44.2 Å². The highest BCUT2D eigenvalue weighted by Gasteiger charge is 2.35. The molecule has 7 heteroatoms. The Hall–Kier alpha value is -2.28. The quantitative estimate of drug-likeness (QED) is 0.734. The molecule has 1 aliphatic carbocycles. The van der Waals surface area contributed by atoms with E-state index in [1.54, 1.807) is 6.07 Å². The van der Waals surface area contributed by atoms with Gasteiger partial charge >= 0.3 is 12.0 Å². The van der Waals surface area contributed by atoms with Crippen molar-refractivity contribution in [2.75, 3.05) is 18.5 Å². The van der Waals surface area contributed by atoms with Gasteiger partial charge in [-0.1, -0.05) is 12.1 Å². The summed E-state index contributed by atoms with van der Waals surface area (Å²) in [5.41, 5.74) is 0.588. The molecule has 0 radical (unpaired) electrons. The van der Waals surface area contributed by atoms with Gasteiger partial charge in [-0.2, -0.15) is 0 Å². The topological polar surface area (TPSA) is 96.9 Å². The number of benzene rings is 1. The van der Waals surface area contributed by atoms with Gasteiger partial charge in [0.05, 0.1) is 17.7 Å². The second-order valence-electron chi connectivity index (χ2n) is 6.60. The highest BCUT2D eigenvalue weighted by atomic mass is 16.5. The first kappa shape index (κ1) is 17.5. The summed E-state index contributed by atoms with van der Waals surface area (Å²) in [6.45, 7) is 1.23. The van der Waals surface area contributed by atoms with Crippen molar-refractivity contribution in [2.45, 2.75) is 44.2 Å². The predicted octanol–water partition coefficient (Wildman–Crippen LogP) is 2.62. The smallest absolute Gasteiger partial charge is 0.319 e. The predicted molar refractivity (Wildman–Crippen MR) is 91.8 cm³/mol. The van der Waals surface area contributed by atoms with E-state index in [1.165, 1.54) is 0 Å². The zero-order valence-electron chi connectivity index (χ0n) is 14.1. The molecule has 2 aliphatic rings. The van der Waals surface area contributed by atoms with Crippen molar-refractivity contribution in [2.24, 2.45) is 5.92 Å². The Bertz CT molecular complexity index is 609. The summed E-state index contributed by atoms with van der Waals surface area (Å²) >= 11 is 0. The van der Waals surface area contributed by atoms with Crippen LogP contribution in [0.2, 0.25) is 0 Å². The van der Waals surface area contributed by atoms with E-state index in [9.17, 15) is 9.59 Å². The summed E-state index contributed by atoms with van der Waals surface area (Å²) in [5, 5.41) is 14.4. The maximum absolute atomic E-state index is 12.1. The van der Waals surface area contributed by atoms with Crippen LogP contribution >= 0.6 is 0 Å². The fraction of sp³-hybridized carbons (Fsp3) is 0.556. The van der Waals surface area contributed by atoms with E-state index >= 15 is 0 Å². The lowest BCUT2D eigenvalue weighted by Crippen LogP contribution is -2.48. The third-order valence-corrected chi connectivity index (χ3v) is 4.66. The molecule has 1 saturated carbocycles. The van der Waals surface area contributed by atoms with Crippen LogP contribution in [0, 0.1) is 5.92 Å². The molecule has 3 N–H and O–H groups in total. The summed E-state index contributed by atoms with van der Waals surface area (Å²) in [5.74, 6) is -0.553.